The zero-order valence-electron chi connectivity index (χ0n) is 11.4. The van der Waals surface area contributed by atoms with Gasteiger partial charge in [-0.3, -0.25) is 14.9 Å². The van der Waals surface area contributed by atoms with Crippen LogP contribution >= 0.6 is 0 Å². The van der Waals surface area contributed by atoms with Crippen molar-refractivity contribution in [2.45, 2.75) is 13.5 Å². The molecule has 0 bridgehead atoms. The van der Waals surface area contributed by atoms with Crippen LogP contribution < -0.4 is 5.73 Å². The van der Waals surface area contributed by atoms with Gasteiger partial charge in [0.1, 0.15) is 11.5 Å². The lowest BCUT2D eigenvalue weighted by atomic mass is 10.1. The molecule has 0 fully saturated rings. The van der Waals surface area contributed by atoms with Gasteiger partial charge in [0.2, 0.25) is 0 Å². The number of anilines is 1. The smallest absolute Gasteiger partial charge is 0.269 e. The van der Waals surface area contributed by atoms with Crippen molar-refractivity contribution in [2.24, 2.45) is 0 Å². The van der Waals surface area contributed by atoms with Gasteiger partial charge in [-0.2, -0.15) is 5.10 Å². The van der Waals surface area contributed by atoms with Crippen molar-refractivity contribution in [3.63, 3.8) is 0 Å². The fourth-order valence-corrected chi connectivity index (χ4v) is 1.94. The highest BCUT2D eigenvalue weighted by Gasteiger charge is 2.17. The zero-order chi connectivity index (χ0) is 15.6. The molecule has 7 heteroatoms. The van der Waals surface area contributed by atoms with Crippen LogP contribution in [0.15, 0.2) is 36.4 Å². The van der Waals surface area contributed by atoms with E-state index in [9.17, 15) is 14.9 Å². The molecule has 108 valence electrons. The molecule has 0 saturated heterocycles. The molecule has 1 aromatic carbocycles. The van der Waals surface area contributed by atoms with E-state index in [-0.39, 0.29) is 17.1 Å². The molecule has 2 rings (SSSR count). The first-order valence-corrected chi connectivity index (χ1v) is 6.14. The minimum absolute atomic E-state index is 0.0271. The molecule has 1 aromatic heterocycles. The van der Waals surface area contributed by atoms with Crippen LogP contribution in [0, 0.1) is 10.1 Å². The fourth-order valence-electron chi connectivity index (χ4n) is 1.94. The maximum atomic E-state index is 11.2. The first kappa shape index (κ1) is 14.4. The van der Waals surface area contributed by atoms with Crippen molar-refractivity contribution >= 4 is 17.8 Å². The van der Waals surface area contributed by atoms with Crippen molar-refractivity contribution in [2.75, 3.05) is 5.73 Å². The van der Waals surface area contributed by atoms with E-state index < -0.39 is 4.92 Å². The molecule has 1 heterocycles. The van der Waals surface area contributed by atoms with E-state index in [1.54, 1.807) is 0 Å². The molecule has 0 amide bonds. The molecule has 0 aliphatic heterocycles. The summed E-state index contributed by atoms with van der Waals surface area (Å²) >= 11 is 0. The number of carbonyl (C=O) groups is 1. The van der Waals surface area contributed by atoms with Gasteiger partial charge in [0.05, 0.1) is 17.0 Å². The van der Waals surface area contributed by atoms with E-state index in [1.165, 1.54) is 28.9 Å². The summed E-state index contributed by atoms with van der Waals surface area (Å²) in [5.74, 6) is 0.251. The summed E-state index contributed by atoms with van der Waals surface area (Å²) in [6.45, 7) is 6.01. The number of benzene rings is 1. The third kappa shape index (κ3) is 2.81. The first-order chi connectivity index (χ1) is 9.93. The van der Waals surface area contributed by atoms with Gasteiger partial charge in [-0.1, -0.05) is 12.2 Å². The fraction of sp³-hybridized carbons (Fsp3) is 0.143. The molecule has 0 aliphatic carbocycles. The minimum Gasteiger partial charge on any atom is -0.383 e. The molecular formula is C14H14N4O3. The lowest BCUT2D eigenvalue weighted by Crippen LogP contribution is -2.05. The Morgan fingerprint density at radius 3 is 2.57 bits per heavy atom. The number of hydrogen-bond donors (Lipinski definition) is 1. The summed E-state index contributed by atoms with van der Waals surface area (Å²) in [6, 6.07) is 5.80. The van der Waals surface area contributed by atoms with E-state index in [0.29, 0.717) is 24.1 Å². The number of hydrogen-bond acceptors (Lipinski definition) is 5. The Labute approximate surface area is 120 Å². The molecule has 7 nitrogen and oxygen atoms in total. The Morgan fingerprint density at radius 1 is 1.48 bits per heavy atom. The topological polar surface area (TPSA) is 104 Å². The van der Waals surface area contributed by atoms with Gasteiger partial charge in [0.25, 0.3) is 5.69 Å². The molecule has 0 unspecified atom stereocenters. The lowest BCUT2D eigenvalue weighted by molar-refractivity contribution is -0.384. The third-order valence-electron chi connectivity index (χ3n) is 2.92. The van der Waals surface area contributed by atoms with Crippen LogP contribution in [0.1, 0.15) is 17.3 Å². The second-order valence-corrected chi connectivity index (χ2v) is 4.68. The number of carbonyl (C=O) groups excluding carboxylic acids is 1. The predicted octanol–water partition coefficient (Wildman–Crippen LogP) is 2.43. The highest BCUT2D eigenvalue weighted by molar-refractivity contribution is 5.91. The Bertz CT molecular complexity index is 717. The van der Waals surface area contributed by atoms with Crippen LogP contribution in [0.3, 0.4) is 0 Å². The number of aldehydes is 1. The van der Waals surface area contributed by atoms with E-state index >= 15 is 0 Å². The van der Waals surface area contributed by atoms with Gasteiger partial charge in [0.15, 0.2) is 6.29 Å². The molecule has 0 radical (unpaired) electrons. The molecule has 0 spiro atoms. The molecular weight excluding hydrogens is 272 g/mol. The second kappa shape index (κ2) is 5.58. The number of nitrogens with zero attached hydrogens (tertiary/aromatic N) is 3. The average Bonchev–Trinajstić information content (AvgIpc) is 2.75. The average molecular weight is 286 g/mol. The molecule has 2 aromatic rings. The summed E-state index contributed by atoms with van der Waals surface area (Å²) in [5, 5.41) is 14.9. The Balaban J connectivity index is 2.49. The summed E-state index contributed by atoms with van der Waals surface area (Å²) in [6.07, 6.45) is 0.633. The highest BCUT2D eigenvalue weighted by Crippen LogP contribution is 2.27. The molecule has 0 saturated carbocycles. The van der Waals surface area contributed by atoms with E-state index in [4.69, 9.17) is 5.73 Å². The van der Waals surface area contributed by atoms with E-state index in [1.807, 2.05) is 6.92 Å². The lowest BCUT2D eigenvalue weighted by Gasteiger charge is -2.02. The number of nitrogen functional groups attached to an aromatic ring is 1. The maximum absolute atomic E-state index is 11.2. The van der Waals surface area contributed by atoms with Gasteiger partial charge in [0, 0.05) is 17.7 Å². The second-order valence-electron chi connectivity index (χ2n) is 4.68. The van der Waals surface area contributed by atoms with Gasteiger partial charge < -0.3 is 5.73 Å². The summed E-state index contributed by atoms with van der Waals surface area (Å²) in [5.41, 5.74) is 7.98. The van der Waals surface area contributed by atoms with Crippen LogP contribution in [-0.2, 0) is 6.54 Å². The predicted molar refractivity (Wildman–Crippen MR) is 78.9 cm³/mol. The van der Waals surface area contributed by atoms with Crippen molar-refractivity contribution in [1.82, 2.24) is 9.78 Å². The number of nitro groups is 1. The molecule has 0 aliphatic rings. The standard InChI is InChI=1S/C14H14N4O3/c1-9(2)7-17-14(15)12(8-19)13(16-17)10-3-5-11(6-4-10)18(20)21/h3-6,8H,1,7,15H2,2H3. The zero-order valence-corrected chi connectivity index (χ0v) is 11.4. The Hall–Kier alpha value is -2.96. The Morgan fingerprint density at radius 2 is 2.10 bits per heavy atom. The van der Waals surface area contributed by atoms with Gasteiger partial charge in [-0.05, 0) is 19.1 Å². The SMILES string of the molecule is C=C(C)Cn1nc(-c2ccc([N+](=O)[O-])cc2)c(C=O)c1N. The summed E-state index contributed by atoms with van der Waals surface area (Å²) in [7, 11) is 0. The van der Waals surface area contributed by atoms with Crippen LogP contribution in [0.2, 0.25) is 0 Å². The monoisotopic (exact) mass is 286 g/mol. The van der Waals surface area contributed by atoms with Gasteiger partial charge >= 0.3 is 0 Å². The van der Waals surface area contributed by atoms with Crippen LogP contribution in [0.5, 0.6) is 0 Å². The van der Waals surface area contributed by atoms with Crippen molar-refractivity contribution < 1.29 is 9.72 Å². The van der Waals surface area contributed by atoms with Crippen LogP contribution in [-0.4, -0.2) is 21.0 Å². The molecule has 2 N–H and O–H groups in total. The summed E-state index contributed by atoms with van der Waals surface area (Å²) < 4.78 is 1.49. The number of nitrogens with two attached hydrogens (primary N) is 1. The van der Waals surface area contributed by atoms with E-state index in [2.05, 4.69) is 11.7 Å². The van der Waals surface area contributed by atoms with Crippen LogP contribution in [0.4, 0.5) is 11.5 Å². The largest absolute Gasteiger partial charge is 0.383 e. The maximum Gasteiger partial charge on any atom is 0.269 e. The van der Waals surface area contributed by atoms with Gasteiger partial charge in [-0.15, -0.1) is 0 Å². The first-order valence-electron chi connectivity index (χ1n) is 6.14. The number of aromatic nitrogens is 2. The van der Waals surface area contributed by atoms with E-state index in [0.717, 1.165) is 5.57 Å². The minimum atomic E-state index is -0.488. The molecule has 21 heavy (non-hydrogen) atoms. The third-order valence-corrected chi connectivity index (χ3v) is 2.92. The number of rotatable bonds is 5. The number of allylic oxidation sites excluding steroid dienone is 1. The van der Waals surface area contributed by atoms with Gasteiger partial charge in [-0.25, -0.2) is 4.68 Å². The van der Waals surface area contributed by atoms with Crippen molar-refractivity contribution in [3.05, 3.63) is 52.1 Å². The molecule has 0 atom stereocenters. The Kier molecular flexibility index (Phi) is 3.84. The number of non-ortho nitro benzene ring substituents is 1. The van der Waals surface area contributed by atoms with Crippen molar-refractivity contribution in [3.8, 4) is 11.3 Å². The summed E-state index contributed by atoms with van der Waals surface area (Å²) in [4.78, 5) is 21.4. The number of nitro benzene ring substituents is 1. The van der Waals surface area contributed by atoms with Crippen molar-refractivity contribution in [1.29, 1.82) is 0 Å². The van der Waals surface area contributed by atoms with Crippen LogP contribution in [0.25, 0.3) is 11.3 Å². The quantitative estimate of drug-likeness (QED) is 0.393. The normalized spacial score (nSPS) is 10.3. The highest BCUT2D eigenvalue weighted by atomic mass is 16.6.